The molecule has 0 unspecified atom stereocenters. The lowest BCUT2D eigenvalue weighted by Gasteiger charge is -2.18. The van der Waals surface area contributed by atoms with E-state index in [2.05, 4.69) is 32.9 Å². The zero-order chi connectivity index (χ0) is 26.2. The van der Waals surface area contributed by atoms with E-state index in [4.69, 9.17) is 25.8 Å². The Balaban J connectivity index is 2.02. The molecule has 10 heteroatoms. The summed E-state index contributed by atoms with van der Waals surface area (Å²) in [4.78, 5) is 30.0. The molecule has 0 aliphatic rings. The van der Waals surface area contributed by atoms with E-state index < -0.39 is 12.1 Å². The third-order valence-corrected chi connectivity index (χ3v) is 5.97. The second kappa shape index (κ2) is 12.9. The van der Waals surface area contributed by atoms with Crippen molar-refractivity contribution in [2.45, 2.75) is 53.1 Å². The monoisotopic (exact) mass is 577 g/mol. The van der Waals surface area contributed by atoms with Crippen molar-refractivity contribution < 1.29 is 19.0 Å². The normalized spacial score (nSPS) is 12.2. The molecule has 0 fully saturated rings. The summed E-state index contributed by atoms with van der Waals surface area (Å²) in [5.41, 5.74) is 0.949. The highest BCUT2D eigenvalue weighted by Gasteiger charge is 2.21. The highest BCUT2D eigenvalue weighted by atomic mass is 79.9. The van der Waals surface area contributed by atoms with Crippen molar-refractivity contribution in [2.75, 3.05) is 13.2 Å². The maximum atomic E-state index is 13.3. The Bertz CT molecular complexity index is 1330. The van der Waals surface area contributed by atoms with Crippen LogP contribution in [-0.4, -0.2) is 41.2 Å². The van der Waals surface area contributed by atoms with Gasteiger partial charge in [-0.2, -0.15) is 9.78 Å². The van der Waals surface area contributed by atoms with Gasteiger partial charge in [-0.3, -0.25) is 4.79 Å². The van der Waals surface area contributed by atoms with E-state index in [0.717, 1.165) is 17.3 Å². The van der Waals surface area contributed by atoms with Gasteiger partial charge in [-0.15, -0.1) is 0 Å². The van der Waals surface area contributed by atoms with Crippen molar-refractivity contribution in [1.82, 2.24) is 9.66 Å². The molecule has 0 radical (unpaired) electrons. The van der Waals surface area contributed by atoms with Crippen molar-refractivity contribution in [1.29, 1.82) is 0 Å². The number of nitrogens with zero attached hydrogens (tertiary/aromatic N) is 3. The quantitative estimate of drug-likeness (QED) is 0.212. The summed E-state index contributed by atoms with van der Waals surface area (Å²) in [6.45, 7) is 7.80. The zero-order valence-electron chi connectivity index (χ0n) is 20.7. The number of hydrogen-bond acceptors (Lipinski definition) is 7. The van der Waals surface area contributed by atoms with Crippen LogP contribution in [0.4, 0.5) is 0 Å². The molecule has 0 saturated heterocycles. The van der Waals surface area contributed by atoms with Gasteiger partial charge >= 0.3 is 5.97 Å². The number of aromatic nitrogens is 2. The number of unbranched alkanes of at least 4 members (excludes halogenated alkanes) is 1. The van der Waals surface area contributed by atoms with Gasteiger partial charge in [0.25, 0.3) is 5.56 Å². The van der Waals surface area contributed by atoms with Crippen molar-refractivity contribution in [3.63, 3.8) is 0 Å². The van der Waals surface area contributed by atoms with E-state index in [1.54, 1.807) is 32.0 Å². The number of halogens is 2. The minimum absolute atomic E-state index is 0.231. The van der Waals surface area contributed by atoms with Gasteiger partial charge in [-0.25, -0.2) is 9.78 Å². The highest BCUT2D eigenvalue weighted by molar-refractivity contribution is 9.10. The Hall–Kier alpha value is -2.91. The maximum absolute atomic E-state index is 13.3. The number of carbonyl (C=O) groups is 1. The molecule has 0 saturated carbocycles. The molecule has 192 valence electrons. The summed E-state index contributed by atoms with van der Waals surface area (Å²) >= 11 is 9.91. The summed E-state index contributed by atoms with van der Waals surface area (Å²) in [7, 11) is 0. The smallest absolute Gasteiger partial charge is 0.347 e. The zero-order valence-corrected chi connectivity index (χ0v) is 23.1. The number of benzene rings is 2. The standard InChI is InChI=1S/C26H29BrClN3O5/c1-5-8-9-23-30-21-11-10-18(27)14-19(21)25(32)31(23)29-15-17-12-20(28)24(22(13-17)34-6-2)36-16(4)26(33)35-7-3/h10-16H,5-9H2,1-4H3/t16-/m1/s1. The maximum Gasteiger partial charge on any atom is 0.347 e. The Morgan fingerprint density at radius 3 is 2.69 bits per heavy atom. The van der Waals surface area contributed by atoms with Crippen LogP contribution in [0.5, 0.6) is 11.5 Å². The molecule has 36 heavy (non-hydrogen) atoms. The predicted octanol–water partition coefficient (Wildman–Crippen LogP) is 5.77. The van der Waals surface area contributed by atoms with Crippen LogP contribution < -0.4 is 15.0 Å². The second-order valence-corrected chi connectivity index (χ2v) is 9.25. The molecule has 0 amide bonds. The fourth-order valence-electron chi connectivity index (χ4n) is 3.46. The number of ether oxygens (including phenoxy) is 3. The van der Waals surface area contributed by atoms with Crippen LogP contribution in [-0.2, 0) is 16.0 Å². The van der Waals surface area contributed by atoms with E-state index in [0.29, 0.717) is 41.1 Å². The van der Waals surface area contributed by atoms with Crippen LogP contribution in [0.25, 0.3) is 10.9 Å². The Morgan fingerprint density at radius 2 is 2.00 bits per heavy atom. The minimum Gasteiger partial charge on any atom is -0.490 e. The second-order valence-electron chi connectivity index (χ2n) is 7.93. The van der Waals surface area contributed by atoms with Crippen molar-refractivity contribution in [3.05, 3.63) is 61.6 Å². The highest BCUT2D eigenvalue weighted by Crippen LogP contribution is 2.37. The molecule has 1 heterocycles. The molecule has 1 aromatic heterocycles. The lowest BCUT2D eigenvalue weighted by molar-refractivity contribution is -0.150. The minimum atomic E-state index is -0.871. The number of aryl methyl sites for hydroxylation is 1. The third-order valence-electron chi connectivity index (χ3n) is 5.20. The summed E-state index contributed by atoms with van der Waals surface area (Å²) < 4.78 is 18.6. The third kappa shape index (κ3) is 6.64. The van der Waals surface area contributed by atoms with E-state index in [1.807, 2.05) is 19.1 Å². The number of hydrogen-bond donors (Lipinski definition) is 0. The molecule has 0 bridgehead atoms. The van der Waals surface area contributed by atoms with E-state index in [1.165, 1.54) is 10.9 Å². The van der Waals surface area contributed by atoms with Gasteiger partial charge in [-0.1, -0.05) is 40.9 Å². The van der Waals surface area contributed by atoms with Crippen LogP contribution in [0.2, 0.25) is 5.02 Å². The fraction of sp³-hybridized carbons (Fsp3) is 0.385. The Labute approximate surface area is 223 Å². The summed E-state index contributed by atoms with van der Waals surface area (Å²) in [6.07, 6.45) is 3.09. The van der Waals surface area contributed by atoms with Gasteiger partial charge in [-0.05, 0) is 63.1 Å². The van der Waals surface area contributed by atoms with Gasteiger partial charge in [0.15, 0.2) is 17.6 Å². The van der Waals surface area contributed by atoms with Crippen LogP contribution >= 0.6 is 27.5 Å². The summed E-state index contributed by atoms with van der Waals surface area (Å²) in [5.74, 6) is 0.652. The topological polar surface area (TPSA) is 92.0 Å². The van der Waals surface area contributed by atoms with Crippen molar-refractivity contribution in [3.8, 4) is 11.5 Å². The molecule has 0 aliphatic heterocycles. The lowest BCUT2D eigenvalue weighted by Crippen LogP contribution is -2.26. The first-order valence-corrected chi connectivity index (χ1v) is 13.0. The van der Waals surface area contributed by atoms with Gasteiger partial charge in [0.1, 0.15) is 5.82 Å². The SMILES string of the molecule is CCCCc1nc2ccc(Br)cc2c(=O)n1N=Cc1cc(Cl)c(O[C@H](C)C(=O)OCC)c(OCC)c1. The number of carbonyl (C=O) groups excluding carboxylic acids is 1. The summed E-state index contributed by atoms with van der Waals surface area (Å²) in [5, 5.41) is 5.16. The molecule has 8 nitrogen and oxygen atoms in total. The number of fused-ring (bicyclic) bond motifs is 1. The van der Waals surface area contributed by atoms with Crippen molar-refractivity contribution in [2.24, 2.45) is 5.10 Å². The average Bonchev–Trinajstić information content (AvgIpc) is 2.85. The van der Waals surface area contributed by atoms with Gasteiger partial charge < -0.3 is 14.2 Å². The molecule has 1 atom stereocenters. The number of esters is 1. The average molecular weight is 579 g/mol. The molecule has 3 aromatic rings. The molecule has 2 aromatic carbocycles. The molecule has 0 aliphatic carbocycles. The first kappa shape index (κ1) is 27.7. The van der Waals surface area contributed by atoms with Gasteiger partial charge in [0.2, 0.25) is 0 Å². The summed E-state index contributed by atoms with van der Waals surface area (Å²) in [6, 6.07) is 8.72. The van der Waals surface area contributed by atoms with Crippen LogP contribution in [0.15, 0.2) is 44.7 Å². The lowest BCUT2D eigenvalue weighted by atomic mass is 10.2. The largest absolute Gasteiger partial charge is 0.490 e. The van der Waals surface area contributed by atoms with Crippen LogP contribution in [0, 0.1) is 0 Å². The van der Waals surface area contributed by atoms with Crippen LogP contribution in [0.1, 0.15) is 51.9 Å². The van der Waals surface area contributed by atoms with Gasteiger partial charge in [0.05, 0.1) is 35.4 Å². The van der Waals surface area contributed by atoms with E-state index in [-0.39, 0.29) is 22.9 Å². The molecular formula is C26H29BrClN3O5. The Morgan fingerprint density at radius 1 is 1.22 bits per heavy atom. The van der Waals surface area contributed by atoms with Gasteiger partial charge in [0, 0.05) is 10.9 Å². The van der Waals surface area contributed by atoms with Crippen LogP contribution in [0.3, 0.4) is 0 Å². The van der Waals surface area contributed by atoms with Crippen molar-refractivity contribution >= 4 is 50.6 Å². The molecule has 0 spiro atoms. The fourth-order valence-corrected chi connectivity index (χ4v) is 4.08. The molecule has 0 N–H and O–H groups in total. The van der Waals surface area contributed by atoms with E-state index in [9.17, 15) is 9.59 Å². The molecule has 3 rings (SSSR count). The Kier molecular flexibility index (Phi) is 9.89. The first-order chi connectivity index (χ1) is 17.3. The first-order valence-electron chi connectivity index (χ1n) is 11.8. The number of rotatable bonds is 11. The molecular weight excluding hydrogens is 550 g/mol. The predicted molar refractivity (Wildman–Crippen MR) is 145 cm³/mol. The van der Waals surface area contributed by atoms with E-state index >= 15 is 0 Å².